The molecule has 72 valence electrons. The van der Waals surface area contributed by atoms with Crippen LogP contribution in [0.5, 0.6) is 0 Å². The van der Waals surface area contributed by atoms with Crippen molar-refractivity contribution in [3.05, 3.63) is 0 Å². The molecular weight excluding hydrogens is 186 g/mol. The van der Waals surface area contributed by atoms with Crippen molar-refractivity contribution in [3.8, 4) is 0 Å². The lowest BCUT2D eigenvalue weighted by Gasteiger charge is -2.22. The van der Waals surface area contributed by atoms with Crippen LogP contribution in [0.3, 0.4) is 0 Å². The molecule has 0 aromatic carbocycles. The number of carboxylic acid groups (broad SMARTS) is 2. The third-order valence-corrected chi connectivity index (χ3v) is 1.59. The van der Waals surface area contributed by atoms with Crippen LogP contribution in [-0.2, 0) is 9.59 Å². The first kappa shape index (κ1) is 13.8. The van der Waals surface area contributed by atoms with E-state index in [1.807, 2.05) is 0 Å². The van der Waals surface area contributed by atoms with Gasteiger partial charge in [-0.2, -0.15) is 0 Å². The van der Waals surface area contributed by atoms with E-state index >= 15 is 0 Å². The fourth-order valence-electron chi connectivity index (χ4n) is 0.442. The summed E-state index contributed by atoms with van der Waals surface area (Å²) in [5.41, 5.74) is 3.69. The summed E-state index contributed by atoms with van der Waals surface area (Å²) < 4.78 is 0. The second-order valence-electron chi connectivity index (χ2n) is 2.84. The van der Waals surface area contributed by atoms with E-state index < -0.39 is 23.4 Å². The molecule has 5 nitrogen and oxygen atoms in total. The third-order valence-electron chi connectivity index (χ3n) is 1.59. The van der Waals surface area contributed by atoms with Crippen molar-refractivity contribution in [1.82, 2.24) is 0 Å². The molecule has 0 aliphatic carbocycles. The van der Waals surface area contributed by atoms with Gasteiger partial charge in [-0.25, -0.2) is 0 Å². The predicted molar refractivity (Wildman–Crippen MR) is 44.3 cm³/mol. The van der Waals surface area contributed by atoms with Crippen molar-refractivity contribution in [2.24, 2.45) is 11.1 Å². The van der Waals surface area contributed by atoms with E-state index in [0.717, 1.165) is 0 Å². The van der Waals surface area contributed by atoms with Gasteiger partial charge >= 0.3 is 11.9 Å². The molecule has 0 aromatic rings. The van der Waals surface area contributed by atoms with Gasteiger partial charge in [-0.1, -0.05) is 0 Å². The monoisotopic (exact) mass is 197 g/mol. The second-order valence-corrected chi connectivity index (χ2v) is 2.84. The highest BCUT2D eigenvalue weighted by Gasteiger charge is 2.38. The molecule has 4 N–H and O–H groups in total. The molecule has 0 amide bonds. The SMILES string of the molecule is CC(C)(C(=O)O)[C@@H](N)C(=O)O.Cl. The van der Waals surface area contributed by atoms with Gasteiger partial charge in [0, 0.05) is 0 Å². The van der Waals surface area contributed by atoms with Crippen molar-refractivity contribution in [2.75, 3.05) is 0 Å². The zero-order valence-electron chi connectivity index (χ0n) is 6.77. The first-order chi connectivity index (χ1) is 4.80. The molecule has 6 heteroatoms. The Morgan fingerprint density at radius 3 is 1.75 bits per heavy atom. The smallest absolute Gasteiger partial charge is 0.321 e. The summed E-state index contributed by atoms with van der Waals surface area (Å²) in [5.74, 6) is -2.52. The lowest BCUT2D eigenvalue weighted by molar-refractivity contribution is -0.155. The maximum atomic E-state index is 10.4. The largest absolute Gasteiger partial charge is 0.481 e. The van der Waals surface area contributed by atoms with E-state index in [4.69, 9.17) is 15.9 Å². The number of aliphatic carboxylic acids is 2. The average Bonchev–Trinajstić information content (AvgIpc) is 1.85. The van der Waals surface area contributed by atoms with E-state index in [2.05, 4.69) is 0 Å². The molecule has 0 saturated heterocycles. The molecule has 0 rings (SSSR count). The zero-order chi connectivity index (χ0) is 9.23. The molecule has 0 radical (unpaired) electrons. The van der Waals surface area contributed by atoms with Gasteiger partial charge in [-0.15, -0.1) is 12.4 Å². The lowest BCUT2D eigenvalue weighted by Crippen LogP contribution is -2.48. The average molecular weight is 198 g/mol. The predicted octanol–water partition coefficient (Wildman–Crippen LogP) is -0.0691. The van der Waals surface area contributed by atoms with Gasteiger partial charge < -0.3 is 15.9 Å². The van der Waals surface area contributed by atoms with Gasteiger partial charge in [0.1, 0.15) is 6.04 Å². The maximum absolute atomic E-state index is 10.4. The van der Waals surface area contributed by atoms with Gasteiger partial charge in [-0.3, -0.25) is 9.59 Å². The number of hydrogen-bond donors (Lipinski definition) is 3. The summed E-state index contributed by atoms with van der Waals surface area (Å²) in [6.07, 6.45) is 0. The van der Waals surface area contributed by atoms with E-state index in [9.17, 15) is 9.59 Å². The Bertz CT molecular complexity index is 192. The Balaban J connectivity index is 0. The minimum absolute atomic E-state index is 0. The minimum atomic E-state index is -1.42. The van der Waals surface area contributed by atoms with Gasteiger partial charge in [-0.05, 0) is 13.8 Å². The number of hydrogen-bond acceptors (Lipinski definition) is 3. The van der Waals surface area contributed by atoms with Crippen LogP contribution in [0.2, 0.25) is 0 Å². The molecule has 0 spiro atoms. The number of nitrogens with two attached hydrogens (primary N) is 1. The van der Waals surface area contributed by atoms with Crippen LogP contribution < -0.4 is 5.73 Å². The van der Waals surface area contributed by atoms with Crippen LogP contribution in [0.1, 0.15) is 13.8 Å². The molecule has 0 saturated carbocycles. The highest BCUT2D eigenvalue weighted by Crippen LogP contribution is 2.18. The number of carboxylic acids is 2. The van der Waals surface area contributed by atoms with Crippen LogP contribution in [0, 0.1) is 5.41 Å². The van der Waals surface area contributed by atoms with Crippen LogP contribution in [0.4, 0.5) is 0 Å². The normalized spacial score (nSPS) is 12.9. The highest BCUT2D eigenvalue weighted by molar-refractivity contribution is 5.85. The Labute approximate surface area is 76.0 Å². The Morgan fingerprint density at radius 2 is 1.67 bits per heavy atom. The summed E-state index contributed by atoms with van der Waals surface area (Å²) in [6, 6.07) is -1.38. The Kier molecular flexibility index (Phi) is 4.90. The molecule has 0 heterocycles. The molecule has 1 atom stereocenters. The Hall–Kier alpha value is -0.810. The maximum Gasteiger partial charge on any atom is 0.321 e. The van der Waals surface area contributed by atoms with Crippen molar-refractivity contribution in [2.45, 2.75) is 19.9 Å². The quantitative estimate of drug-likeness (QED) is 0.588. The van der Waals surface area contributed by atoms with Crippen molar-refractivity contribution in [3.63, 3.8) is 0 Å². The fraction of sp³-hybridized carbons (Fsp3) is 0.667. The first-order valence-corrected chi connectivity index (χ1v) is 3.02. The molecule has 0 unspecified atom stereocenters. The fourth-order valence-corrected chi connectivity index (χ4v) is 0.442. The van der Waals surface area contributed by atoms with Crippen molar-refractivity contribution < 1.29 is 19.8 Å². The molecule has 0 fully saturated rings. The molecule has 0 aromatic heterocycles. The van der Waals surface area contributed by atoms with E-state index in [-0.39, 0.29) is 12.4 Å². The number of rotatable bonds is 3. The number of carbonyl (C=O) groups is 2. The van der Waals surface area contributed by atoms with E-state index in [1.54, 1.807) is 0 Å². The third kappa shape index (κ3) is 2.67. The summed E-state index contributed by atoms with van der Waals surface area (Å²) >= 11 is 0. The van der Waals surface area contributed by atoms with Crippen molar-refractivity contribution in [1.29, 1.82) is 0 Å². The highest BCUT2D eigenvalue weighted by atomic mass is 35.5. The number of halogens is 1. The topological polar surface area (TPSA) is 101 Å². The molecule has 12 heavy (non-hydrogen) atoms. The van der Waals surface area contributed by atoms with Crippen LogP contribution >= 0.6 is 12.4 Å². The lowest BCUT2D eigenvalue weighted by atomic mass is 9.85. The van der Waals surface area contributed by atoms with Crippen LogP contribution in [-0.4, -0.2) is 28.2 Å². The first-order valence-electron chi connectivity index (χ1n) is 3.02. The second kappa shape index (κ2) is 4.27. The Morgan fingerprint density at radius 1 is 1.33 bits per heavy atom. The summed E-state index contributed by atoms with van der Waals surface area (Å²) in [7, 11) is 0. The molecule has 0 bridgehead atoms. The van der Waals surface area contributed by atoms with Gasteiger partial charge in [0.25, 0.3) is 0 Å². The zero-order valence-corrected chi connectivity index (χ0v) is 7.59. The minimum Gasteiger partial charge on any atom is -0.481 e. The van der Waals surface area contributed by atoms with Crippen molar-refractivity contribution >= 4 is 24.3 Å². The van der Waals surface area contributed by atoms with Gasteiger partial charge in [0.15, 0.2) is 0 Å². The molecular formula is C6H12ClNO4. The van der Waals surface area contributed by atoms with E-state index in [1.165, 1.54) is 13.8 Å². The molecule has 0 aliphatic heterocycles. The van der Waals surface area contributed by atoms with Crippen LogP contribution in [0.25, 0.3) is 0 Å². The molecule has 0 aliphatic rings. The van der Waals surface area contributed by atoms with E-state index in [0.29, 0.717) is 0 Å². The summed E-state index contributed by atoms with van der Waals surface area (Å²) in [5, 5.41) is 16.9. The summed E-state index contributed by atoms with van der Waals surface area (Å²) in [6.45, 7) is 2.54. The standard InChI is InChI=1S/C6H11NO4.ClH/c1-6(2,5(10)11)3(7)4(8)9;/h3H,7H2,1-2H3,(H,8,9)(H,10,11);1H/t3-;/m0./s1. The van der Waals surface area contributed by atoms with Crippen LogP contribution in [0.15, 0.2) is 0 Å². The summed E-state index contributed by atoms with van der Waals surface area (Å²) in [4.78, 5) is 20.7. The van der Waals surface area contributed by atoms with Gasteiger partial charge in [0.2, 0.25) is 0 Å². The van der Waals surface area contributed by atoms with Gasteiger partial charge in [0.05, 0.1) is 5.41 Å².